The molecule has 0 saturated carbocycles. The molecule has 21 heavy (non-hydrogen) atoms. The van der Waals surface area contributed by atoms with Gasteiger partial charge in [-0.3, -0.25) is 0 Å². The minimum absolute atomic E-state index is 0.142. The quantitative estimate of drug-likeness (QED) is 0.853. The van der Waals surface area contributed by atoms with Crippen LogP contribution in [0.1, 0.15) is 29.8 Å². The number of hydrogen-bond donors (Lipinski definition) is 1. The maximum atomic E-state index is 11.2. The number of carboxylic acid groups (broad SMARTS) is 1. The number of anilines is 1. The lowest BCUT2D eigenvalue weighted by Crippen LogP contribution is -2.31. The predicted octanol–water partition coefficient (Wildman–Crippen LogP) is 3.85. The Labute approximate surface area is 129 Å². The summed E-state index contributed by atoms with van der Waals surface area (Å²) >= 11 is 5.94. The molecular weight excluding hydrogens is 288 g/mol. The number of carboxylic acids is 1. The van der Waals surface area contributed by atoms with E-state index in [9.17, 15) is 4.79 Å². The molecule has 0 aliphatic heterocycles. The highest BCUT2D eigenvalue weighted by Crippen LogP contribution is 2.22. The summed E-state index contributed by atoms with van der Waals surface area (Å²) in [5.74, 6) is -0.442. The molecule has 0 aliphatic rings. The van der Waals surface area contributed by atoms with Crippen molar-refractivity contribution >= 4 is 23.4 Å². The van der Waals surface area contributed by atoms with Gasteiger partial charge in [0.05, 0.1) is 5.56 Å². The smallest absolute Gasteiger partial charge is 0.335 e. The van der Waals surface area contributed by atoms with Crippen LogP contribution in [0.5, 0.6) is 0 Å². The van der Waals surface area contributed by atoms with E-state index in [2.05, 4.69) is 4.98 Å². The summed E-state index contributed by atoms with van der Waals surface area (Å²) in [4.78, 5) is 17.4. The zero-order valence-corrected chi connectivity index (χ0v) is 12.7. The summed E-state index contributed by atoms with van der Waals surface area (Å²) in [6, 6.07) is 13.0. The molecule has 0 unspecified atom stereocenters. The van der Waals surface area contributed by atoms with Gasteiger partial charge in [-0.05, 0) is 31.5 Å². The zero-order valence-electron chi connectivity index (χ0n) is 12.0. The normalized spacial score (nSPS) is 10.7. The van der Waals surface area contributed by atoms with Gasteiger partial charge < -0.3 is 10.0 Å². The van der Waals surface area contributed by atoms with Gasteiger partial charge in [0.15, 0.2) is 0 Å². The lowest BCUT2D eigenvalue weighted by Gasteiger charge is -2.28. The van der Waals surface area contributed by atoms with Crippen molar-refractivity contribution in [3.63, 3.8) is 0 Å². The number of pyridine rings is 1. The van der Waals surface area contributed by atoms with E-state index in [1.165, 1.54) is 6.07 Å². The highest BCUT2D eigenvalue weighted by atomic mass is 35.5. The number of halogens is 1. The third-order valence-corrected chi connectivity index (χ3v) is 3.33. The number of hydrogen-bond acceptors (Lipinski definition) is 3. The molecule has 0 saturated heterocycles. The van der Waals surface area contributed by atoms with Crippen molar-refractivity contribution in [1.29, 1.82) is 0 Å². The largest absolute Gasteiger partial charge is 0.478 e. The maximum absolute atomic E-state index is 11.2. The fraction of sp³-hybridized carbons (Fsp3) is 0.250. The van der Waals surface area contributed by atoms with Gasteiger partial charge >= 0.3 is 5.97 Å². The van der Waals surface area contributed by atoms with E-state index < -0.39 is 5.97 Å². The Hall–Kier alpha value is -2.07. The SMILES string of the molecule is CC(C)N(Cc1ccccc1)c1cc(C(=O)O)cc(Cl)n1. The van der Waals surface area contributed by atoms with Gasteiger partial charge in [0, 0.05) is 12.6 Å². The minimum Gasteiger partial charge on any atom is -0.478 e. The average Bonchev–Trinajstić information content (AvgIpc) is 2.44. The second kappa shape index (κ2) is 6.59. The summed E-state index contributed by atoms with van der Waals surface area (Å²) in [5.41, 5.74) is 1.27. The van der Waals surface area contributed by atoms with E-state index in [-0.39, 0.29) is 16.8 Å². The van der Waals surface area contributed by atoms with Crippen LogP contribution in [0.15, 0.2) is 42.5 Å². The molecule has 5 heteroatoms. The van der Waals surface area contributed by atoms with Crippen molar-refractivity contribution in [3.8, 4) is 0 Å². The third kappa shape index (κ3) is 3.95. The summed E-state index contributed by atoms with van der Waals surface area (Å²) in [7, 11) is 0. The summed E-state index contributed by atoms with van der Waals surface area (Å²) in [6.07, 6.45) is 0. The summed E-state index contributed by atoms with van der Waals surface area (Å²) < 4.78 is 0. The van der Waals surface area contributed by atoms with Crippen molar-refractivity contribution in [2.75, 3.05) is 4.90 Å². The topological polar surface area (TPSA) is 53.4 Å². The van der Waals surface area contributed by atoms with Gasteiger partial charge in [-0.2, -0.15) is 0 Å². The first kappa shape index (κ1) is 15.3. The lowest BCUT2D eigenvalue weighted by molar-refractivity contribution is 0.0696. The Bertz CT molecular complexity index is 629. The zero-order chi connectivity index (χ0) is 15.4. The second-order valence-electron chi connectivity index (χ2n) is 5.05. The van der Waals surface area contributed by atoms with Crippen LogP contribution in [0.2, 0.25) is 5.15 Å². The molecule has 4 nitrogen and oxygen atoms in total. The van der Waals surface area contributed by atoms with Crippen molar-refractivity contribution < 1.29 is 9.90 Å². The van der Waals surface area contributed by atoms with Gasteiger partial charge in [-0.1, -0.05) is 41.9 Å². The van der Waals surface area contributed by atoms with Gasteiger partial charge in [0.25, 0.3) is 0 Å². The molecule has 1 N–H and O–H groups in total. The minimum atomic E-state index is -1.01. The van der Waals surface area contributed by atoms with E-state index in [4.69, 9.17) is 16.7 Å². The number of nitrogens with zero attached hydrogens (tertiary/aromatic N) is 2. The summed E-state index contributed by atoms with van der Waals surface area (Å²) in [6.45, 7) is 4.71. The van der Waals surface area contributed by atoms with Crippen molar-refractivity contribution in [2.24, 2.45) is 0 Å². The Morgan fingerprint density at radius 3 is 2.52 bits per heavy atom. The number of carbonyl (C=O) groups is 1. The van der Waals surface area contributed by atoms with E-state index in [0.717, 1.165) is 5.56 Å². The number of benzene rings is 1. The Kier molecular flexibility index (Phi) is 4.81. The van der Waals surface area contributed by atoms with Crippen LogP contribution in [-0.2, 0) is 6.54 Å². The number of aromatic nitrogens is 1. The third-order valence-electron chi connectivity index (χ3n) is 3.14. The molecule has 0 bridgehead atoms. The van der Waals surface area contributed by atoms with Crippen LogP contribution in [0.25, 0.3) is 0 Å². The summed E-state index contributed by atoms with van der Waals surface area (Å²) in [5, 5.41) is 9.32. The fourth-order valence-electron chi connectivity index (χ4n) is 2.06. The molecule has 0 spiro atoms. The Morgan fingerprint density at radius 2 is 1.95 bits per heavy atom. The van der Waals surface area contributed by atoms with Crippen LogP contribution in [0, 0.1) is 0 Å². The molecule has 0 radical (unpaired) electrons. The standard InChI is InChI=1S/C16H17ClN2O2/c1-11(2)19(10-12-6-4-3-5-7-12)15-9-13(16(20)21)8-14(17)18-15/h3-9,11H,10H2,1-2H3,(H,20,21). The van der Waals surface area contributed by atoms with E-state index in [0.29, 0.717) is 12.4 Å². The number of rotatable bonds is 5. The van der Waals surface area contributed by atoms with Gasteiger partial charge in [0.2, 0.25) is 0 Å². The molecule has 2 rings (SSSR count). The highest BCUT2D eigenvalue weighted by Gasteiger charge is 2.16. The second-order valence-corrected chi connectivity index (χ2v) is 5.44. The molecule has 1 heterocycles. The monoisotopic (exact) mass is 304 g/mol. The van der Waals surface area contributed by atoms with E-state index in [1.54, 1.807) is 6.07 Å². The number of aromatic carboxylic acids is 1. The van der Waals surface area contributed by atoms with Gasteiger partial charge in [0.1, 0.15) is 11.0 Å². The molecule has 1 aromatic carbocycles. The van der Waals surface area contributed by atoms with Crippen LogP contribution in [-0.4, -0.2) is 22.1 Å². The highest BCUT2D eigenvalue weighted by molar-refractivity contribution is 6.29. The Morgan fingerprint density at radius 1 is 1.29 bits per heavy atom. The lowest BCUT2D eigenvalue weighted by atomic mass is 10.1. The molecule has 110 valence electrons. The van der Waals surface area contributed by atoms with E-state index >= 15 is 0 Å². The molecule has 2 aromatic rings. The van der Waals surface area contributed by atoms with Crippen molar-refractivity contribution in [1.82, 2.24) is 4.98 Å². The van der Waals surface area contributed by atoms with Crippen molar-refractivity contribution in [3.05, 3.63) is 58.7 Å². The molecule has 1 aromatic heterocycles. The van der Waals surface area contributed by atoms with Crippen molar-refractivity contribution in [2.45, 2.75) is 26.4 Å². The van der Waals surface area contributed by atoms with Gasteiger partial charge in [-0.15, -0.1) is 0 Å². The average molecular weight is 305 g/mol. The maximum Gasteiger partial charge on any atom is 0.335 e. The first-order valence-electron chi connectivity index (χ1n) is 6.69. The predicted molar refractivity (Wildman–Crippen MR) is 84.0 cm³/mol. The van der Waals surface area contributed by atoms with Crippen LogP contribution in [0.4, 0.5) is 5.82 Å². The van der Waals surface area contributed by atoms with Crippen LogP contribution < -0.4 is 4.90 Å². The Balaban J connectivity index is 2.36. The van der Waals surface area contributed by atoms with E-state index in [1.807, 2.05) is 49.1 Å². The first-order valence-corrected chi connectivity index (χ1v) is 7.06. The molecule has 0 atom stereocenters. The fourth-order valence-corrected chi connectivity index (χ4v) is 2.27. The molecular formula is C16H17ClN2O2. The molecule has 0 fully saturated rings. The van der Waals surface area contributed by atoms with Crippen LogP contribution >= 0.6 is 11.6 Å². The first-order chi connectivity index (χ1) is 9.97. The van der Waals surface area contributed by atoms with Crippen LogP contribution in [0.3, 0.4) is 0 Å². The molecule has 0 amide bonds. The van der Waals surface area contributed by atoms with Gasteiger partial charge in [-0.25, -0.2) is 9.78 Å². The molecule has 0 aliphatic carbocycles.